The first-order valence-corrected chi connectivity index (χ1v) is 11.0. The van der Waals surface area contributed by atoms with Gasteiger partial charge >= 0.3 is 0 Å². The van der Waals surface area contributed by atoms with Crippen molar-refractivity contribution in [2.45, 2.75) is 65.6 Å². The maximum Gasteiger partial charge on any atom is 0.242 e. The topological polar surface area (TPSA) is 67.9 Å². The Balaban J connectivity index is 2.03. The summed E-state index contributed by atoms with van der Waals surface area (Å²) in [4.78, 5) is 27.5. The average Bonchev–Trinajstić information content (AvgIpc) is 2.75. The second-order valence-electron chi connectivity index (χ2n) is 9.05. The van der Waals surface area contributed by atoms with Gasteiger partial charge in [0.2, 0.25) is 11.8 Å². The highest BCUT2D eigenvalue weighted by Gasteiger charge is 2.28. The molecule has 0 radical (unpaired) electrons. The summed E-state index contributed by atoms with van der Waals surface area (Å²) in [7, 11) is 1.61. The van der Waals surface area contributed by atoms with Crippen molar-refractivity contribution in [2.75, 3.05) is 13.7 Å². The lowest BCUT2D eigenvalue weighted by Gasteiger charge is -2.31. The van der Waals surface area contributed by atoms with Gasteiger partial charge in [0.25, 0.3) is 0 Å². The van der Waals surface area contributed by atoms with E-state index in [0.717, 1.165) is 17.1 Å². The van der Waals surface area contributed by atoms with Gasteiger partial charge in [0.15, 0.2) is 0 Å². The van der Waals surface area contributed by atoms with Crippen LogP contribution in [-0.2, 0) is 16.1 Å². The van der Waals surface area contributed by atoms with E-state index in [1.807, 2.05) is 76.2 Å². The van der Waals surface area contributed by atoms with Crippen LogP contribution in [0.4, 0.5) is 0 Å². The summed E-state index contributed by atoms with van der Waals surface area (Å²) in [5.74, 6) is 1.29. The monoisotopic (exact) mass is 440 g/mol. The van der Waals surface area contributed by atoms with E-state index in [1.54, 1.807) is 18.9 Å². The minimum Gasteiger partial charge on any atom is -0.497 e. The molecule has 0 aromatic heterocycles. The number of methoxy groups -OCH3 is 1. The van der Waals surface area contributed by atoms with Gasteiger partial charge in [0, 0.05) is 18.5 Å². The molecule has 6 heteroatoms. The van der Waals surface area contributed by atoms with Gasteiger partial charge in [0.05, 0.1) is 13.7 Å². The molecule has 2 aromatic rings. The van der Waals surface area contributed by atoms with Crippen LogP contribution >= 0.6 is 0 Å². The van der Waals surface area contributed by atoms with Gasteiger partial charge in [-0.15, -0.1) is 0 Å². The first-order chi connectivity index (χ1) is 15.1. The molecule has 32 heavy (non-hydrogen) atoms. The van der Waals surface area contributed by atoms with Crippen LogP contribution in [0.3, 0.4) is 0 Å². The van der Waals surface area contributed by atoms with Gasteiger partial charge in [-0.2, -0.15) is 0 Å². The summed E-state index contributed by atoms with van der Waals surface area (Å²) in [6.07, 6.45) is 0.870. The van der Waals surface area contributed by atoms with Gasteiger partial charge in [0.1, 0.15) is 17.5 Å². The Kier molecular flexibility index (Phi) is 9.12. The maximum absolute atomic E-state index is 13.1. The predicted octanol–water partition coefficient (Wildman–Crippen LogP) is 4.49. The van der Waals surface area contributed by atoms with Crippen molar-refractivity contribution < 1.29 is 19.1 Å². The van der Waals surface area contributed by atoms with Crippen molar-refractivity contribution in [2.24, 2.45) is 0 Å². The highest BCUT2D eigenvalue weighted by molar-refractivity contribution is 5.87. The van der Waals surface area contributed by atoms with Crippen molar-refractivity contribution in [1.82, 2.24) is 10.2 Å². The minimum atomic E-state index is -0.596. The van der Waals surface area contributed by atoms with E-state index < -0.39 is 6.04 Å². The second-order valence-corrected chi connectivity index (χ2v) is 9.05. The summed E-state index contributed by atoms with van der Waals surface area (Å²) >= 11 is 0. The number of hydrogen-bond acceptors (Lipinski definition) is 4. The van der Waals surface area contributed by atoms with E-state index in [2.05, 4.69) is 5.32 Å². The van der Waals surface area contributed by atoms with E-state index in [1.165, 1.54) is 5.56 Å². The van der Waals surface area contributed by atoms with E-state index >= 15 is 0 Å². The summed E-state index contributed by atoms with van der Waals surface area (Å²) in [5, 5.41) is 2.97. The average molecular weight is 441 g/mol. The Bertz CT molecular complexity index is 870. The molecule has 0 aliphatic carbocycles. The third-order valence-corrected chi connectivity index (χ3v) is 5.00. The molecule has 6 nitrogen and oxygen atoms in total. The summed E-state index contributed by atoms with van der Waals surface area (Å²) < 4.78 is 11.0. The molecule has 1 unspecified atom stereocenters. The molecule has 2 amide bonds. The van der Waals surface area contributed by atoms with Crippen LogP contribution in [0.25, 0.3) is 0 Å². The third-order valence-electron chi connectivity index (χ3n) is 5.00. The Labute approximate surface area is 191 Å². The first kappa shape index (κ1) is 25.2. The molecule has 0 saturated heterocycles. The number of amides is 2. The molecule has 0 fully saturated rings. The number of nitrogens with one attached hydrogen (secondary N) is 1. The number of carbonyl (C=O) groups excluding carboxylic acids is 2. The van der Waals surface area contributed by atoms with Gasteiger partial charge in [-0.25, -0.2) is 0 Å². The SMILES string of the molecule is COc1ccc(CN(C(=O)CCCOc2ccc(C)cc2)C(C)C(=O)NC(C)(C)C)cc1. The number of carbonyl (C=O) groups is 2. The summed E-state index contributed by atoms with van der Waals surface area (Å²) in [5.41, 5.74) is 1.73. The van der Waals surface area contributed by atoms with Gasteiger partial charge in [-0.05, 0) is 70.9 Å². The van der Waals surface area contributed by atoms with Crippen LogP contribution in [0, 0.1) is 6.92 Å². The van der Waals surface area contributed by atoms with E-state index in [4.69, 9.17) is 9.47 Å². The molecule has 0 heterocycles. The molecular weight excluding hydrogens is 404 g/mol. The molecule has 2 aromatic carbocycles. The number of benzene rings is 2. The zero-order valence-electron chi connectivity index (χ0n) is 20.1. The maximum atomic E-state index is 13.1. The highest BCUT2D eigenvalue weighted by atomic mass is 16.5. The molecule has 1 atom stereocenters. The summed E-state index contributed by atoms with van der Waals surface area (Å²) in [6.45, 7) is 10.4. The molecule has 0 saturated carbocycles. The fourth-order valence-electron chi connectivity index (χ4n) is 3.18. The number of nitrogens with zero attached hydrogens (tertiary/aromatic N) is 1. The quantitative estimate of drug-likeness (QED) is 0.553. The lowest BCUT2D eigenvalue weighted by molar-refractivity contribution is -0.141. The minimum absolute atomic E-state index is 0.0788. The molecule has 0 aliphatic rings. The Morgan fingerprint density at radius 1 is 1.00 bits per heavy atom. The van der Waals surface area contributed by atoms with E-state index in [-0.39, 0.29) is 17.4 Å². The van der Waals surface area contributed by atoms with E-state index in [0.29, 0.717) is 26.0 Å². The molecule has 174 valence electrons. The Morgan fingerprint density at radius 3 is 2.16 bits per heavy atom. The fourth-order valence-corrected chi connectivity index (χ4v) is 3.18. The molecule has 0 bridgehead atoms. The van der Waals surface area contributed by atoms with Crippen molar-refractivity contribution >= 4 is 11.8 Å². The lowest BCUT2D eigenvalue weighted by Crippen LogP contribution is -2.52. The van der Waals surface area contributed by atoms with Crippen LogP contribution in [-0.4, -0.2) is 42.0 Å². The zero-order chi connectivity index (χ0) is 23.7. The number of ether oxygens (including phenoxy) is 2. The molecular formula is C26H36N2O4. The predicted molar refractivity (Wildman–Crippen MR) is 127 cm³/mol. The zero-order valence-corrected chi connectivity index (χ0v) is 20.1. The number of rotatable bonds is 10. The third kappa shape index (κ3) is 8.25. The normalized spacial score (nSPS) is 12.1. The Morgan fingerprint density at radius 2 is 1.59 bits per heavy atom. The van der Waals surface area contributed by atoms with Crippen LogP contribution in [0.2, 0.25) is 0 Å². The van der Waals surface area contributed by atoms with Gasteiger partial charge in [-0.1, -0.05) is 29.8 Å². The smallest absolute Gasteiger partial charge is 0.242 e. The summed E-state index contributed by atoms with van der Waals surface area (Å²) in [6, 6.07) is 14.8. The molecule has 0 aliphatic heterocycles. The first-order valence-electron chi connectivity index (χ1n) is 11.0. The van der Waals surface area contributed by atoms with Crippen molar-refractivity contribution in [3.8, 4) is 11.5 Å². The highest BCUT2D eigenvalue weighted by Crippen LogP contribution is 2.17. The molecule has 1 N–H and O–H groups in total. The lowest BCUT2D eigenvalue weighted by atomic mass is 10.1. The van der Waals surface area contributed by atoms with Crippen LogP contribution in [0.1, 0.15) is 51.7 Å². The van der Waals surface area contributed by atoms with Gasteiger partial charge in [-0.3, -0.25) is 9.59 Å². The van der Waals surface area contributed by atoms with Gasteiger partial charge < -0.3 is 19.7 Å². The van der Waals surface area contributed by atoms with Crippen molar-refractivity contribution in [1.29, 1.82) is 0 Å². The Hall–Kier alpha value is -3.02. The van der Waals surface area contributed by atoms with Crippen LogP contribution < -0.4 is 14.8 Å². The van der Waals surface area contributed by atoms with E-state index in [9.17, 15) is 9.59 Å². The van der Waals surface area contributed by atoms with Crippen LogP contribution in [0.5, 0.6) is 11.5 Å². The van der Waals surface area contributed by atoms with Crippen molar-refractivity contribution in [3.05, 3.63) is 59.7 Å². The number of aryl methyl sites for hydroxylation is 1. The second kappa shape index (κ2) is 11.6. The largest absolute Gasteiger partial charge is 0.497 e. The standard InChI is InChI=1S/C26H36N2O4/c1-19-9-13-23(14-10-19)32-17-7-8-24(29)28(20(2)25(30)27-26(3,4)5)18-21-11-15-22(31-6)16-12-21/h9-16,20H,7-8,17-18H2,1-6H3,(H,27,30). The van der Waals surface area contributed by atoms with Crippen molar-refractivity contribution in [3.63, 3.8) is 0 Å². The molecule has 2 rings (SSSR count). The fraction of sp³-hybridized carbons (Fsp3) is 0.462. The van der Waals surface area contributed by atoms with Crippen LogP contribution in [0.15, 0.2) is 48.5 Å². The molecule has 0 spiro atoms. The number of hydrogen-bond donors (Lipinski definition) is 1.